The third-order valence-corrected chi connectivity index (χ3v) is 4.68. The van der Waals surface area contributed by atoms with Gasteiger partial charge in [0, 0.05) is 31.9 Å². The van der Waals surface area contributed by atoms with Gasteiger partial charge < -0.3 is 9.80 Å². The van der Waals surface area contributed by atoms with E-state index in [4.69, 9.17) is 0 Å². The van der Waals surface area contributed by atoms with Crippen molar-refractivity contribution in [1.29, 1.82) is 0 Å². The van der Waals surface area contributed by atoms with Crippen molar-refractivity contribution >= 4 is 11.7 Å². The van der Waals surface area contributed by atoms with E-state index in [0.29, 0.717) is 6.54 Å². The first-order chi connectivity index (χ1) is 12.0. The molecule has 1 atom stereocenters. The topological polar surface area (TPSA) is 67.2 Å². The van der Waals surface area contributed by atoms with Crippen LogP contribution in [0.5, 0.6) is 0 Å². The molecular formula is C18H26N6O. The van der Waals surface area contributed by atoms with Gasteiger partial charge in [0.25, 0.3) is 0 Å². The van der Waals surface area contributed by atoms with Crippen LogP contribution in [0.1, 0.15) is 36.5 Å². The summed E-state index contributed by atoms with van der Waals surface area (Å²) < 4.78 is 1.83. The third-order valence-electron chi connectivity index (χ3n) is 4.68. The Kier molecular flexibility index (Phi) is 5.01. The zero-order valence-electron chi connectivity index (χ0n) is 15.4. The lowest BCUT2D eigenvalue weighted by Gasteiger charge is -2.25. The van der Waals surface area contributed by atoms with E-state index in [1.165, 1.54) is 0 Å². The van der Waals surface area contributed by atoms with Crippen molar-refractivity contribution in [2.24, 2.45) is 0 Å². The molecule has 7 nitrogen and oxygen atoms in total. The average molecular weight is 342 g/mol. The first kappa shape index (κ1) is 17.4. The SMILES string of the molecule is Cc1ccc(N2CCCN(C(=O)[C@H](C)n3nc(C)cc3C)CC2)nn1. The molecule has 0 unspecified atom stereocenters. The van der Waals surface area contributed by atoms with Crippen LogP contribution in [0.3, 0.4) is 0 Å². The van der Waals surface area contributed by atoms with Crippen molar-refractivity contribution in [3.63, 3.8) is 0 Å². The Morgan fingerprint density at radius 2 is 1.84 bits per heavy atom. The van der Waals surface area contributed by atoms with Crippen molar-refractivity contribution in [3.05, 3.63) is 35.3 Å². The Balaban J connectivity index is 1.67. The fourth-order valence-corrected chi connectivity index (χ4v) is 3.33. The summed E-state index contributed by atoms with van der Waals surface area (Å²) >= 11 is 0. The molecule has 1 amide bonds. The second-order valence-electron chi connectivity index (χ2n) is 6.75. The Bertz CT molecular complexity index is 739. The van der Waals surface area contributed by atoms with Gasteiger partial charge in [0.1, 0.15) is 6.04 Å². The van der Waals surface area contributed by atoms with E-state index in [2.05, 4.69) is 20.2 Å². The molecule has 0 bridgehead atoms. The second-order valence-corrected chi connectivity index (χ2v) is 6.75. The first-order valence-electron chi connectivity index (χ1n) is 8.82. The monoisotopic (exact) mass is 342 g/mol. The van der Waals surface area contributed by atoms with Gasteiger partial charge in [-0.15, -0.1) is 5.10 Å². The van der Waals surface area contributed by atoms with Gasteiger partial charge in [0.05, 0.1) is 11.4 Å². The number of hydrogen-bond acceptors (Lipinski definition) is 5. The molecule has 0 N–H and O–H groups in total. The molecule has 134 valence electrons. The number of carbonyl (C=O) groups excluding carboxylic acids is 1. The lowest BCUT2D eigenvalue weighted by molar-refractivity contribution is -0.134. The minimum Gasteiger partial charge on any atom is -0.353 e. The van der Waals surface area contributed by atoms with Gasteiger partial charge in [0.2, 0.25) is 5.91 Å². The summed E-state index contributed by atoms with van der Waals surface area (Å²) in [4.78, 5) is 17.1. The van der Waals surface area contributed by atoms with Gasteiger partial charge in [-0.25, -0.2) is 0 Å². The standard InChI is InChI=1S/C18H26N6O/c1-13-6-7-17(20-19-13)22-8-5-9-23(11-10-22)18(25)16(4)24-15(3)12-14(2)21-24/h6-7,12,16H,5,8-11H2,1-4H3/t16-/m0/s1. The van der Waals surface area contributed by atoms with E-state index in [1.807, 2.05) is 55.5 Å². The lowest BCUT2D eigenvalue weighted by atomic mass is 10.2. The van der Waals surface area contributed by atoms with Crippen LogP contribution in [-0.2, 0) is 4.79 Å². The zero-order valence-corrected chi connectivity index (χ0v) is 15.4. The maximum atomic E-state index is 12.9. The number of nitrogens with zero attached hydrogens (tertiary/aromatic N) is 6. The van der Waals surface area contributed by atoms with Gasteiger partial charge in [-0.3, -0.25) is 9.48 Å². The van der Waals surface area contributed by atoms with Crippen molar-refractivity contribution in [3.8, 4) is 0 Å². The molecule has 1 fully saturated rings. The van der Waals surface area contributed by atoms with Gasteiger partial charge in [-0.2, -0.15) is 10.2 Å². The molecule has 2 aromatic heterocycles. The molecule has 1 aliphatic rings. The van der Waals surface area contributed by atoms with Crippen LogP contribution in [0.15, 0.2) is 18.2 Å². The number of aromatic nitrogens is 4. The number of amides is 1. The largest absolute Gasteiger partial charge is 0.353 e. The van der Waals surface area contributed by atoms with Crippen molar-refractivity contribution < 1.29 is 4.79 Å². The predicted octanol–water partition coefficient (Wildman–Crippen LogP) is 1.90. The van der Waals surface area contributed by atoms with Crippen LogP contribution in [0.4, 0.5) is 5.82 Å². The quantitative estimate of drug-likeness (QED) is 0.852. The van der Waals surface area contributed by atoms with Crippen LogP contribution in [0, 0.1) is 20.8 Å². The summed E-state index contributed by atoms with van der Waals surface area (Å²) in [5.74, 6) is 1.01. The highest BCUT2D eigenvalue weighted by Crippen LogP contribution is 2.17. The van der Waals surface area contributed by atoms with Crippen molar-refractivity contribution in [2.75, 3.05) is 31.1 Å². The molecule has 0 radical (unpaired) electrons. The van der Waals surface area contributed by atoms with Gasteiger partial charge >= 0.3 is 0 Å². The molecular weight excluding hydrogens is 316 g/mol. The highest BCUT2D eigenvalue weighted by atomic mass is 16.2. The third kappa shape index (κ3) is 3.81. The van der Waals surface area contributed by atoms with Crippen LogP contribution in [-0.4, -0.2) is 57.0 Å². The summed E-state index contributed by atoms with van der Waals surface area (Å²) in [5.41, 5.74) is 2.87. The molecule has 0 aliphatic carbocycles. The Labute approximate surface area is 148 Å². The lowest BCUT2D eigenvalue weighted by Crippen LogP contribution is -2.39. The summed E-state index contributed by atoms with van der Waals surface area (Å²) in [6.45, 7) is 10.9. The molecule has 3 heterocycles. The number of aryl methyl sites for hydroxylation is 3. The number of anilines is 1. The minimum absolute atomic E-state index is 0.128. The van der Waals surface area contributed by atoms with Crippen LogP contribution in [0.2, 0.25) is 0 Å². The van der Waals surface area contributed by atoms with Crippen molar-refractivity contribution in [2.45, 2.75) is 40.2 Å². The second kappa shape index (κ2) is 7.21. The minimum atomic E-state index is -0.278. The first-order valence-corrected chi connectivity index (χ1v) is 8.82. The van der Waals surface area contributed by atoms with Gasteiger partial charge in [-0.1, -0.05) is 0 Å². The van der Waals surface area contributed by atoms with Crippen LogP contribution < -0.4 is 4.90 Å². The average Bonchev–Trinajstić information content (AvgIpc) is 2.79. The summed E-state index contributed by atoms with van der Waals surface area (Å²) in [6, 6.07) is 5.70. The summed E-state index contributed by atoms with van der Waals surface area (Å²) in [7, 11) is 0. The Morgan fingerprint density at radius 1 is 1.04 bits per heavy atom. The highest BCUT2D eigenvalue weighted by Gasteiger charge is 2.26. The summed E-state index contributed by atoms with van der Waals surface area (Å²) in [6.07, 6.45) is 0.922. The smallest absolute Gasteiger partial charge is 0.247 e. The van der Waals surface area contributed by atoms with E-state index in [-0.39, 0.29) is 11.9 Å². The van der Waals surface area contributed by atoms with Gasteiger partial charge in [-0.05, 0) is 52.3 Å². The number of rotatable bonds is 3. The Morgan fingerprint density at radius 3 is 2.48 bits per heavy atom. The number of carbonyl (C=O) groups is 1. The fraction of sp³-hybridized carbons (Fsp3) is 0.556. The molecule has 0 spiro atoms. The molecule has 1 saturated heterocycles. The highest BCUT2D eigenvalue weighted by molar-refractivity contribution is 5.80. The van der Waals surface area contributed by atoms with E-state index in [9.17, 15) is 4.79 Å². The van der Waals surface area contributed by atoms with E-state index in [1.54, 1.807) is 0 Å². The normalized spacial score (nSPS) is 16.6. The van der Waals surface area contributed by atoms with E-state index in [0.717, 1.165) is 49.0 Å². The van der Waals surface area contributed by atoms with E-state index < -0.39 is 0 Å². The summed E-state index contributed by atoms with van der Waals surface area (Å²) in [5, 5.41) is 12.9. The maximum absolute atomic E-state index is 12.9. The van der Waals surface area contributed by atoms with E-state index >= 15 is 0 Å². The molecule has 1 aliphatic heterocycles. The predicted molar refractivity (Wildman–Crippen MR) is 96.6 cm³/mol. The zero-order chi connectivity index (χ0) is 18.0. The molecule has 25 heavy (non-hydrogen) atoms. The molecule has 0 saturated carbocycles. The molecule has 3 rings (SSSR count). The fourth-order valence-electron chi connectivity index (χ4n) is 3.33. The maximum Gasteiger partial charge on any atom is 0.247 e. The van der Waals surface area contributed by atoms with Gasteiger partial charge in [0.15, 0.2) is 5.82 Å². The Hall–Kier alpha value is -2.44. The molecule has 0 aromatic carbocycles. The van der Waals surface area contributed by atoms with Crippen LogP contribution in [0.25, 0.3) is 0 Å². The van der Waals surface area contributed by atoms with Crippen LogP contribution >= 0.6 is 0 Å². The molecule has 7 heteroatoms. The molecule has 2 aromatic rings. The van der Waals surface area contributed by atoms with Crippen molar-refractivity contribution in [1.82, 2.24) is 24.9 Å². The number of hydrogen-bond donors (Lipinski definition) is 0.